The highest BCUT2D eigenvalue weighted by molar-refractivity contribution is 8.01. The summed E-state index contributed by atoms with van der Waals surface area (Å²) in [6.07, 6.45) is 0. The number of non-ortho nitro benzene ring substituents is 1. The second-order valence-electron chi connectivity index (χ2n) is 5.97. The summed E-state index contributed by atoms with van der Waals surface area (Å²) in [6.45, 7) is 4.17. The van der Waals surface area contributed by atoms with Crippen molar-refractivity contribution in [3.05, 3.63) is 58.1 Å². The van der Waals surface area contributed by atoms with Crippen molar-refractivity contribution in [1.29, 1.82) is 0 Å². The first kappa shape index (κ1) is 18.3. The second kappa shape index (κ2) is 7.84. The number of thiazole rings is 1. The van der Waals surface area contributed by atoms with Crippen molar-refractivity contribution in [3.63, 3.8) is 0 Å². The number of carbonyl (C=O) groups is 1. The number of benzene rings is 2. The van der Waals surface area contributed by atoms with Crippen LogP contribution in [-0.2, 0) is 4.79 Å². The maximum absolute atomic E-state index is 12.3. The van der Waals surface area contributed by atoms with Crippen LogP contribution in [0.3, 0.4) is 0 Å². The molecule has 0 aliphatic carbocycles. The van der Waals surface area contributed by atoms with Gasteiger partial charge in [-0.05, 0) is 23.6 Å². The van der Waals surface area contributed by atoms with Gasteiger partial charge in [-0.2, -0.15) is 0 Å². The minimum absolute atomic E-state index is 0.0423. The summed E-state index contributed by atoms with van der Waals surface area (Å²) >= 11 is 2.68. The topological polar surface area (TPSA) is 85.1 Å². The molecule has 0 radical (unpaired) electrons. The molecule has 0 aliphatic rings. The third-order valence-corrected chi connectivity index (χ3v) is 5.91. The molecule has 0 aliphatic heterocycles. The molecule has 134 valence electrons. The fourth-order valence-electron chi connectivity index (χ4n) is 2.50. The number of hydrogen-bond acceptors (Lipinski definition) is 6. The predicted octanol–water partition coefficient (Wildman–Crippen LogP) is 5.06. The lowest BCUT2D eigenvalue weighted by molar-refractivity contribution is -0.384. The van der Waals surface area contributed by atoms with E-state index >= 15 is 0 Å². The molecule has 1 N–H and O–H groups in total. The van der Waals surface area contributed by atoms with Gasteiger partial charge in [-0.25, -0.2) is 4.98 Å². The Hall–Kier alpha value is -2.45. The molecule has 1 aromatic heterocycles. The Kier molecular flexibility index (Phi) is 5.53. The molecule has 3 aromatic rings. The molecule has 0 saturated carbocycles. The van der Waals surface area contributed by atoms with E-state index in [-0.39, 0.29) is 17.3 Å². The molecule has 1 amide bonds. The number of nitrogens with one attached hydrogen (secondary N) is 1. The molecule has 2 aromatic carbocycles. The van der Waals surface area contributed by atoms with Gasteiger partial charge >= 0.3 is 0 Å². The summed E-state index contributed by atoms with van der Waals surface area (Å²) in [5.41, 5.74) is 2.67. The molecule has 0 unspecified atom stereocenters. The number of nitro groups is 1. The van der Waals surface area contributed by atoms with Crippen molar-refractivity contribution < 1.29 is 9.72 Å². The van der Waals surface area contributed by atoms with E-state index in [0.717, 1.165) is 16.0 Å². The van der Waals surface area contributed by atoms with Crippen molar-refractivity contribution in [2.45, 2.75) is 24.1 Å². The highest BCUT2D eigenvalue weighted by Gasteiger charge is 2.13. The van der Waals surface area contributed by atoms with E-state index in [0.29, 0.717) is 15.8 Å². The van der Waals surface area contributed by atoms with Gasteiger partial charge in [0.05, 0.1) is 20.9 Å². The number of nitro benzene ring substituents is 1. The van der Waals surface area contributed by atoms with Gasteiger partial charge in [0.25, 0.3) is 5.69 Å². The number of fused-ring (bicyclic) bond motifs is 1. The van der Waals surface area contributed by atoms with Crippen LogP contribution in [0.25, 0.3) is 10.2 Å². The molecular weight excluding hydrogens is 370 g/mol. The van der Waals surface area contributed by atoms with Crippen LogP contribution in [0, 0.1) is 10.1 Å². The van der Waals surface area contributed by atoms with E-state index in [1.54, 1.807) is 6.07 Å². The van der Waals surface area contributed by atoms with Crippen LogP contribution in [0.4, 0.5) is 11.4 Å². The highest BCUT2D eigenvalue weighted by Crippen LogP contribution is 2.32. The van der Waals surface area contributed by atoms with E-state index in [9.17, 15) is 14.9 Å². The van der Waals surface area contributed by atoms with Crippen molar-refractivity contribution in [3.8, 4) is 0 Å². The number of amides is 1. The maximum Gasteiger partial charge on any atom is 0.270 e. The van der Waals surface area contributed by atoms with Gasteiger partial charge < -0.3 is 5.32 Å². The van der Waals surface area contributed by atoms with E-state index in [2.05, 4.69) is 24.1 Å². The average molecular weight is 387 g/mol. The SMILES string of the molecule is CC(C)c1ccccc1NC(=O)CSc1nc2ccc([N+](=O)[O-])cc2s1. The summed E-state index contributed by atoms with van der Waals surface area (Å²) in [6, 6.07) is 12.3. The van der Waals surface area contributed by atoms with E-state index in [4.69, 9.17) is 0 Å². The van der Waals surface area contributed by atoms with Gasteiger partial charge in [0.1, 0.15) is 0 Å². The summed E-state index contributed by atoms with van der Waals surface area (Å²) < 4.78 is 1.46. The Morgan fingerprint density at radius 1 is 1.31 bits per heavy atom. The third-order valence-electron chi connectivity index (χ3n) is 3.75. The van der Waals surface area contributed by atoms with Crippen molar-refractivity contribution >= 4 is 50.6 Å². The lowest BCUT2D eigenvalue weighted by atomic mass is 10.0. The zero-order chi connectivity index (χ0) is 18.7. The molecule has 0 saturated heterocycles. The van der Waals surface area contributed by atoms with Crippen molar-refractivity contribution in [2.75, 3.05) is 11.1 Å². The van der Waals surface area contributed by atoms with Gasteiger partial charge in [0.2, 0.25) is 5.91 Å². The van der Waals surface area contributed by atoms with E-state index < -0.39 is 4.92 Å². The number of rotatable bonds is 6. The fourth-order valence-corrected chi connectivity index (χ4v) is 4.40. The molecule has 0 atom stereocenters. The van der Waals surface area contributed by atoms with E-state index in [1.807, 2.05) is 24.3 Å². The number of hydrogen-bond donors (Lipinski definition) is 1. The summed E-state index contributed by atoms with van der Waals surface area (Å²) in [5.74, 6) is 0.446. The molecule has 0 bridgehead atoms. The van der Waals surface area contributed by atoms with Crippen LogP contribution in [-0.4, -0.2) is 21.6 Å². The Bertz CT molecular complexity index is 969. The number of para-hydroxylation sites is 1. The summed E-state index contributed by atoms with van der Waals surface area (Å²) in [5, 5.41) is 13.8. The van der Waals surface area contributed by atoms with Gasteiger partial charge in [-0.1, -0.05) is 43.8 Å². The first-order chi connectivity index (χ1) is 12.4. The van der Waals surface area contributed by atoms with Crippen molar-refractivity contribution in [2.24, 2.45) is 0 Å². The van der Waals surface area contributed by atoms with Gasteiger partial charge in [-0.3, -0.25) is 14.9 Å². The Morgan fingerprint density at radius 2 is 2.08 bits per heavy atom. The number of nitrogens with zero attached hydrogens (tertiary/aromatic N) is 2. The first-order valence-corrected chi connectivity index (χ1v) is 9.81. The summed E-state index contributed by atoms with van der Waals surface area (Å²) in [4.78, 5) is 27.1. The highest BCUT2D eigenvalue weighted by atomic mass is 32.2. The Labute approximate surface area is 158 Å². The lowest BCUT2D eigenvalue weighted by Crippen LogP contribution is -2.15. The van der Waals surface area contributed by atoms with Crippen LogP contribution < -0.4 is 5.32 Å². The molecule has 6 nitrogen and oxygen atoms in total. The third kappa shape index (κ3) is 4.20. The molecular formula is C18H17N3O3S2. The normalized spacial score (nSPS) is 11.0. The number of anilines is 1. The Morgan fingerprint density at radius 3 is 2.81 bits per heavy atom. The smallest absolute Gasteiger partial charge is 0.270 e. The van der Waals surface area contributed by atoms with E-state index in [1.165, 1.54) is 35.2 Å². The quantitative estimate of drug-likeness (QED) is 0.363. The second-order valence-corrected chi connectivity index (χ2v) is 8.22. The molecule has 8 heteroatoms. The van der Waals surface area contributed by atoms with Crippen LogP contribution in [0.1, 0.15) is 25.3 Å². The fraction of sp³-hybridized carbons (Fsp3) is 0.222. The van der Waals surface area contributed by atoms with Crippen LogP contribution in [0.5, 0.6) is 0 Å². The molecule has 0 spiro atoms. The van der Waals surface area contributed by atoms with Crippen LogP contribution in [0.2, 0.25) is 0 Å². The van der Waals surface area contributed by atoms with Crippen LogP contribution in [0.15, 0.2) is 46.8 Å². The molecule has 3 rings (SSSR count). The first-order valence-electron chi connectivity index (χ1n) is 8.00. The molecule has 1 heterocycles. The molecule has 0 fully saturated rings. The standard InChI is InChI=1S/C18H17N3O3S2/c1-11(2)13-5-3-4-6-14(13)19-17(22)10-25-18-20-15-8-7-12(21(23)24)9-16(15)26-18/h3-9,11H,10H2,1-2H3,(H,19,22). The minimum Gasteiger partial charge on any atom is -0.325 e. The number of aromatic nitrogens is 1. The van der Waals surface area contributed by atoms with Crippen molar-refractivity contribution in [1.82, 2.24) is 4.98 Å². The Balaban J connectivity index is 1.66. The predicted molar refractivity (Wildman–Crippen MR) is 106 cm³/mol. The lowest BCUT2D eigenvalue weighted by Gasteiger charge is -2.13. The van der Waals surface area contributed by atoms with Gasteiger partial charge in [-0.15, -0.1) is 11.3 Å². The monoisotopic (exact) mass is 387 g/mol. The number of carbonyl (C=O) groups excluding carboxylic acids is 1. The maximum atomic E-state index is 12.3. The molecule has 26 heavy (non-hydrogen) atoms. The average Bonchev–Trinajstić information content (AvgIpc) is 3.02. The minimum atomic E-state index is -0.425. The van der Waals surface area contributed by atoms with Crippen LogP contribution >= 0.6 is 23.1 Å². The van der Waals surface area contributed by atoms with Gasteiger partial charge in [0.15, 0.2) is 4.34 Å². The zero-order valence-corrected chi connectivity index (χ0v) is 15.9. The summed E-state index contributed by atoms with van der Waals surface area (Å²) in [7, 11) is 0. The zero-order valence-electron chi connectivity index (χ0n) is 14.3. The number of thioether (sulfide) groups is 1. The van der Waals surface area contributed by atoms with Gasteiger partial charge in [0, 0.05) is 17.8 Å². The largest absolute Gasteiger partial charge is 0.325 e.